The summed E-state index contributed by atoms with van der Waals surface area (Å²) in [5, 5.41) is 8.99. The minimum Gasteiger partial charge on any atom is -0.444 e. The first-order valence-electron chi connectivity index (χ1n) is 16.6. The number of carbonyl (C=O) groups is 4. The van der Waals surface area contributed by atoms with Gasteiger partial charge in [0.2, 0.25) is 17.7 Å². The predicted octanol–water partition coefficient (Wildman–Crippen LogP) is 3.32. The minimum atomic E-state index is -1.09. The molecule has 5 fully saturated rings. The Morgan fingerprint density at radius 2 is 1.93 bits per heavy atom. The third-order valence-corrected chi connectivity index (χ3v) is 10.7. The number of alkyl carbamates (subject to hydrolysis) is 1. The van der Waals surface area contributed by atoms with E-state index in [9.17, 15) is 19.2 Å². The number of primary amides is 1. The number of piperidine rings is 1. The van der Waals surface area contributed by atoms with Gasteiger partial charge in [0, 0.05) is 31.1 Å². The van der Waals surface area contributed by atoms with E-state index in [4.69, 9.17) is 10.5 Å². The summed E-state index contributed by atoms with van der Waals surface area (Å²) in [5.41, 5.74) is 3.92. The number of hydrogen-bond donors (Lipinski definition) is 4. The molecule has 43 heavy (non-hydrogen) atoms. The fraction of sp³-hybridized carbons (Fsp3) is 0.875. The first-order chi connectivity index (χ1) is 20.3. The van der Waals surface area contributed by atoms with Crippen molar-refractivity contribution in [2.45, 2.75) is 140 Å². The molecule has 242 valence electrons. The Morgan fingerprint density at radius 1 is 1.14 bits per heavy atom. The second-order valence-corrected chi connectivity index (χ2v) is 15.1. The number of hydrogen-bond acceptors (Lipinski definition) is 6. The molecule has 2 heterocycles. The summed E-state index contributed by atoms with van der Waals surface area (Å²) >= 11 is 0. The number of nitrogens with zero attached hydrogens (tertiary/aromatic N) is 1. The van der Waals surface area contributed by atoms with E-state index in [1.807, 2.05) is 4.90 Å². The smallest absolute Gasteiger partial charge is 0.408 e. The summed E-state index contributed by atoms with van der Waals surface area (Å²) in [6.45, 7) is 6.36. The zero-order valence-corrected chi connectivity index (χ0v) is 26.2. The number of fused-ring (bicyclic) bond motifs is 4. The van der Waals surface area contributed by atoms with Gasteiger partial charge in [-0.05, 0) is 116 Å². The molecular weight excluding hydrogens is 553 g/mol. The van der Waals surface area contributed by atoms with Crippen LogP contribution in [0.15, 0.2) is 0 Å². The van der Waals surface area contributed by atoms with E-state index in [1.165, 1.54) is 0 Å². The quantitative estimate of drug-likeness (QED) is 0.285. The second-order valence-electron chi connectivity index (χ2n) is 15.1. The van der Waals surface area contributed by atoms with Gasteiger partial charge in [-0.25, -0.2) is 9.18 Å². The number of rotatable bonds is 11. The van der Waals surface area contributed by atoms with E-state index in [-0.39, 0.29) is 41.7 Å². The number of halogens is 1. The van der Waals surface area contributed by atoms with Crippen LogP contribution < -0.4 is 21.7 Å². The lowest BCUT2D eigenvalue weighted by Crippen LogP contribution is -2.58. The number of nitrogens with two attached hydrogens (primary N) is 1. The molecule has 10 nitrogen and oxygen atoms in total. The summed E-state index contributed by atoms with van der Waals surface area (Å²) in [4.78, 5) is 53.6. The van der Waals surface area contributed by atoms with Crippen LogP contribution in [0.3, 0.4) is 0 Å². The maximum absolute atomic E-state index is 15.5. The van der Waals surface area contributed by atoms with Gasteiger partial charge < -0.3 is 31.3 Å². The topological polar surface area (TPSA) is 143 Å². The van der Waals surface area contributed by atoms with Gasteiger partial charge in [-0.15, -0.1) is 0 Å². The zero-order chi connectivity index (χ0) is 30.9. The highest BCUT2D eigenvalue weighted by atomic mass is 19.1. The van der Waals surface area contributed by atoms with Crippen molar-refractivity contribution in [2.75, 3.05) is 13.1 Å². The fourth-order valence-corrected chi connectivity index (χ4v) is 8.81. The molecule has 5 rings (SSSR count). The van der Waals surface area contributed by atoms with Crippen molar-refractivity contribution >= 4 is 23.8 Å². The van der Waals surface area contributed by atoms with Gasteiger partial charge in [0.1, 0.15) is 17.3 Å². The first kappa shape index (κ1) is 32.0. The molecule has 0 aromatic rings. The first-order valence-corrected chi connectivity index (χ1v) is 16.6. The highest BCUT2D eigenvalue weighted by Gasteiger charge is 2.50. The average molecular weight is 606 g/mol. The van der Waals surface area contributed by atoms with Crippen molar-refractivity contribution in [2.24, 2.45) is 29.4 Å². The van der Waals surface area contributed by atoms with Crippen LogP contribution in [-0.4, -0.2) is 77.2 Å². The van der Waals surface area contributed by atoms with Crippen LogP contribution in [0.25, 0.3) is 0 Å². The summed E-state index contributed by atoms with van der Waals surface area (Å²) < 4.78 is 21.0. The molecule has 4 unspecified atom stereocenters. The van der Waals surface area contributed by atoms with Crippen LogP contribution >= 0.6 is 0 Å². The van der Waals surface area contributed by atoms with Crippen LogP contribution in [0.1, 0.15) is 104 Å². The Bertz CT molecular complexity index is 1070. The van der Waals surface area contributed by atoms with Crippen LogP contribution in [0, 0.1) is 23.7 Å². The van der Waals surface area contributed by atoms with Gasteiger partial charge in [-0.2, -0.15) is 0 Å². The van der Waals surface area contributed by atoms with Crippen molar-refractivity contribution < 1.29 is 28.3 Å². The molecule has 0 aromatic carbocycles. The molecular formula is C32H52FN5O5. The molecule has 0 radical (unpaired) electrons. The highest BCUT2D eigenvalue weighted by Crippen LogP contribution is 2.49. The van der Waals surface area contributed by atoms with Crippen LogP contribution in [0.5, 0.6) is 0 Å². The number of ether oxygens (including phenoxy) is 1. The normalized spacial score (nSPS) is 34.9. The van der Waals surface area contributed by atoms with Crippen molar-refractivity contribution in [1.82, 2.24) is 20.9 Å². The van der Waals surface area contributed by atoms with Crippen LogP contribution in [-0.2, 0) is 19.1 Å². The minimum absolute atomic E-state index is 0.0545. The number of nitrogens with one attached hydrogen (secondary N) is 3. The molecule has 3 aliphatic carbocycles. The average Bonchev–Trinajstić information content (AvgIpc) is 3.63. The summed E-state index contributed by atoms with van der Waals surface area (Å²) in [6, 6.07) is -1.51. The summed E-state index contributed by atoms with van der Waals surface area (Å²) in [6.07, 6.45) is 9.09. The third-order valence-electron chi connectivity index (χ3n) is 10.7. The van der Waals surface area contributed by atoms with E-state index in [0.717, 1.165) is 38.5 Å². The predicted molar refractivity (Wildman–Crippen MR) is 159 cm³/mol. The molecule has 4 bridgehead atoms. The summed E-state index contributed by atoms with van der Waals surface area (Å²) in [7, 11) is 0. The molecule has 0 aromatic heterocycles. The van der Waals surface area contributed by atoms with E-state index in [1.54, 1.807) is 20.8 Å². The fourth-order valence-electron chi connectivity index (χ4n) is 8.81. The molecule has 5 aliphatic rings. The van der Waals surface area contributed by atoms with Gasteiger partial charge in [0.15, 0.2) is 0 Å². The van der Waals surface area contributed by atoms with E-state index < -0.39 is 35.4 Å². The van der Waals surface area contributed by atoms with Crippen molar-refractivity contribution in [1.29, 1.82) is 0 Å². The van der Waals surface area contributed by atoms with Crippen molar-refractivity contribution in [3.63, 3.8) is 0 Å². The van der Waals surface area contributed by atoms with Crippen LogP contribution in [0.4, 0.5) is 9.18 Å². The Kier molecular flexibility index (Phi) is 9.59. The standard InChI is InChI=1S/C32H52FN5O5/c1-31(2,3)43-30(42)37-24(9-6-20-13-19-5-4-11-32(33,16-19)17-20)29(41)38-23-8-7-21(14-23)26(38)18-36-25(27(34)39)15-22-10-12-35-28(22)40/h19-26,36H,4-18H2,1-3H3,(H2,34,39)(H,35,40)(H,37,42)/t19?,20?,21-,22-,23+,24-,25-,26?,32?/m0/s1. The molecule has 4 amide bonds. The number of alkyl halides is 1. The Morgan fingerprint density at radius 3 is 2.60 bits per heavy atom. The number of likely N-dealkylation sites (tertiary alicyclic amines) is 1. The van der Waals surface area contributed by atoms with Crippen LogP contribution in [0.2, 0.25) is 0 Å². The molecule has 11 heteroatoms. The van der Waals surface area contributed by atoms with Gasteiger partial charge in [-0.3, -0.25) is 14.4 Å². The van der Waals surface area contributed by atoms with Gasteiger partial charge >= 0.3 is 6.09 Å². The lowest BCUT2D eigenvalue weighted by Gasteiger charge is -2.44. The lowest BCUT2D eigenvalue weighted by atomic mass is 9.65. The van der Waals surface area contributed by atoms with E-state index in [2.05, 4.69) is 16.0 Å². The SMILES string of the molecule is CC(C)(C)OC(=O)N[C@@H](CCC1CC2CCCC(F)(C2)C1)C(=O)N1C(CN[C@@H](C[C@@H]2CCNC2=O)C(N)=O)[C@H]2CC[C@@H]1C2. The number of carbonyl (C=O) groups excluding carboxylic acids is 4. The largest absolute Gasteiger partial charge is 0.444 e. The lowest BCUT2D eigenvalue weighted by molar-refractivity contribution is -0.138. The zero-order valence-electron chi connectivity index (χ0n) is 26.2. The summed E-state index contributed by atoms with van der Waals surface area (Å²) in [5.74, 6) is -0.0695. The van der Waals surface area contributed by atoms with Gasteiger partial charge in [0.05, 0.1) is 6.04 Å². The van der Waals surface area contributed by atoms with Gasteiger partial charge in [0.25, 0.3) is 0 Å². The highest BCUT2D eigenvalue weighted by molar-refractivity contribution is 5.87. The van der Waals surface area contributed by atoms with Crippen molar-refractivity contribution in [3.05, 3.63) is 0 Å². The Balaban J connectivity index is 1.27. The van der Waals surface area contributed by atoms with Crippen molar-refractivity contribution in [3.8, 4) is 0 Å². The van der Waals surface area contributed by atoms with E-state index >= 15 is 4.39 Å². The molecule has 0 spiro atoms. The number of amides is 4. The Hall–Kier alpha value is -2.43. The van der Waals surface area contributed by atoms with E-state index in [0.29, 0.717) is 64.0 Å². The molecule has 5 N–H and O–H groups in total. The Labute approximate surface area is 255 Å². The maximum Gasteiger partial charge on any atom is 0.408 e. The maximum atomic E-state index is 15.5. The monoisotopic (exact) mass is 605 g/mol. The molecule has 3 saturated carbocycles. The van der Waals surface area contributed by atoms with Gasteiger partial charge in [-0.1, -0.05) is 6.42 Å². The molecule has 2 saturated heterocycles. The molecule has 2 aliphatic heterocycles. The third kappa shape index (κ3) is 7.81. The molecule has 9 atom stereocenters. The second kappa shape index (κ2) is 12.9.